The summed E-state index contributed by atoms with van der Waals surface area (Å²) >= 11 is 0. The maximum Gasteiger partial charge on any atom is 0.302 e. The number of ether oxygens (including phenoxy) is 2. The summed E-state index contributed by atoms with van der Waals surface area (Å²) in [5.74, 6) is 2.35. The van der Waals surface area contributed by atoms with E-state index in [0.717, 1.165) is 80.6 Å². The van der Waals surface area contributed by atoms with Crippen molar-refractivity contribution in [1.29, 1.82) is 0 Å². The second-order valence-electron chi connectivity index (χ2n) is 17.5. The van der Waals surface area contributed by atoms with Crippen LogP contribution in [-0.4, -0.2) is 136 Å². The molecule has 4 aliphatic carbocycles. The van der Waals surface area contributed by atoms with Gasteiger partial charge in [0.1, 0.15) is 12.2 Å². The van der Waals surface area contributed by atoms with Crippen LogP contribution in [-0.2, 0) is 19.1 Å². The number of piperazine rings is 2. The summed E-state index contributed by atoms with van der Waals surface area (Å²) in [7, 11) is 9.36. The lowest BCUT2D eigenvalue weighted by molar-refractivity contribution is -0.894. The zero-order valence-corrected chi connectivity index (χ0v) is 32.6. The zero-order valence-electron chi connectivity index (χ0n) is 29.4. The van der Waals surface area contributed by atoms with Gasteiger partial charge < -0.3 is 52.4 Å². The van der Waals surface area contributed by atoms with Crippen LogP contribution < -0.4 is 34.0 Å². The van der Waals surface area contributed by atoms with E-state index in [0.29, 0.717) is 35.8 Å². The first-order chi connectivity index (χ1) is 20.1. The Morgan fingerprint density at radius 2 is 1.22 bits per heavy atom. The molecule has 0 amide bonds. The first-order valence-electron chi connectivity index (χ1n) is 17.6. The van der Waals surface area contributed by atoms with Crippen LogP contribution in [0.2, 0.25) is 0 Å². The molecule has 0 aromatic rings. The Balaban J connectivity index is 0.00000230. The SMILES string of the molecule is CC(=O)O[C@H]1C[C@@H]2CC[C@@H]3[C@H](CC[C@]4(C)[C@@H](OC(C)=O)C(N5CC[N+](C)(C)CC5)C[C@@H]34)[C@@]2(C)C[C@@H]1N1CC[N+](C)(C)CC1.[Br-].[Br-]. The monoisotopic (exact) mass is 760 g/mol. The highest BCUT2D eigenvalue weighted by Gasteiger charge is 2.65. The number of quaternary nitrogens is 2. The van der Waals surface area contributed by atoms with E-state index in [1.54, 1.807) is 13.8 Å². The summed E-state index contributed by atoms with van der Waals surface area (Å²) in [5, 5.41) is 0. The Morgan fingerprint density at radius 3 is 1.76 bits per heavy atom. The lowest BCUT2D eigenvalue weighted by Crippen LogP contribution is -3.00. The molecule has 6 aliphatic rings. The Kier molecular flexibility index (Phi) is 11.3. The van der Waals surface area contributed by atoms with Gasteiger partial charge in [0, 0.05) is 57.5 Å². The van der Waals surface area contributed by atoms with Crippen molar-refractivity contribution < 1.29 is 62.0 Å². The lowest BCUT2D eigenvalue weighted by Gasteiger charge is -2.62. The Labute approximate surface area is 294 Å². The molecule has 10 atom stereocenters. The van der Waals surface area contributed by atoms with E-state index in [-0.39, 0.29) is 68.9 Å². The van der Waals surface area contributed by atoms with Crippen LogP contribution in [0.5, 0.6) is 0 Å². The summed E-state index contributed by atoms with van der Waals surface area (Å²) in [6.07, 6.45) is 8.22. The van der Waals surface area contributed by atoms with Crippen molar-refractivity contribution in [3.8, 4) is 0 Å². The predicted molar refractivity (Wildman–Crippen MR) is 168 cm³/mol. The number of carbonyl (C=O) groups is 2. The number of nitrogens with zero attached hydrogens (tertiary/aromatic N) is 4. The van der Waals surface area contributed by atoms with Gasteiger partial charge in [0.2, 0.25) is 0 Å². The maximum atomic E-state index is 12.5. The molecule has 0 radical (unpaired) electrons. The standard InChI is InChI=1S/C35H62N4O4.2BrH/c1-24(40)42-32-21-26-9-10-27-28(35(26,4)23-31(32)37-15-19-39(7,8)20-16-37)11-12-34(3)29(27)22-30(33(34)43-25(2)41)36-13-17-38(5,6)18-14-36;;/h26-33H,9-23H2,1-8H3;2*1H/q+2;;/p-2/t26-,27+,28-,29-,30?,31-,32-,33-,34-,35-;;/m0../s1. The molecule has 2 heterocycles. The summed E-state index contributed by atoms with van der Waals surface area (Å²) in [6, 6.07) is 0.656. The van der Waals surface area contributed by atoms with Crippen molar-refractivity contribution in [2.45, 2.75) is 96.9 Å². The lowest BCUT2D eigenvalue weighted by atomic mass is 9.44. The van der Waals surface area contributed by atoms with Gasteiger partial charge in [0.25, 0.3) is 0 Å². The van der Waals surface area contributed by atoms with Crippen molar-refractivity contribution >= 4 is 11.9 Å². The van der Waals surface area contributed by atoms with Crippen LogP contribution in [0.25, 0.3) is 0 Å². The maximum absolute atomic E-state index is 12.5. The molecule has 45 heavy (non-hydrogen) atoms. The molecule has 6 rings (SSSR count). The van der Waals surface area contributed by atoms with Crippen LogP contribution in [0.15, 0.2) is 0 Å². The van der Waals surface area contributed by atoms with E-state index in [1.165, 1.54) is 25.7 Å². The fourth-order valence-corrected chi connectivity index (χ4v) is 11.4. The number of halogens is 2. The normalized spacial score (nSPS) is 44.2. The topological polar surface area (TPSA) is 59.1 Å². The fraction of sp³-hybridized carbons (Fsp3) is 0.943. The molecule has 10 heteroatoms. The number of hydrogen-bond acceptors (Lipinski definition) is 6. The van der Waals surface area contributed by atoms with Gasteiger partial charge in [0.05, 0.1) is 54.4 Å². The Morgan fingerprint density at radius 1 is 0.689 bits per heavy atom. The number of rotatable bonds is 4. The number of hydrogen-bond donors (Lipinski definition) is 0. The number of likely N-dealkylation sites (N-methyl/N-ethyl adjacent to an activating group) is 2. The van der Waals surface area contributed by atoms with Crippen molar-refractivity contribution in [1.82, 2.24) is 9.80 Å². The molecular formula is C35H62Br2N4O4. The van der Waals surface area contributed by atoms with Gasteiger partial charge in [-0.25, -0.2) is 0 Å². The second-order valence-corrected chi connectivity index (χ2v) is 17.5. The average molecular weight is 763 g/mol. The van der Waals surface area contributed by atoms with Gasteiger partial charge in [-0.2, -0.15) is 0 Å². The minimum Gasteiger partial charge on any atom is -1.00 e. The number of esters is 2. The first kappa shape index (κ1) is 37.6. The molecule has 0 N–H and O–H groups in total. The average Bonchev–Trinajstić information content (AvgIpc) is 3.20. The number of carbonyl (C=O) groups excluding carboxylic acids is 2. The van der Waals surface area contributed by atoms with Crippen molar-refractivity contribution in [3.63, 3.8) is 0 Å². The van der Waals surface area contributed by atoms with Crippen LogP contribution in [0.4, 0.5) is 0 Å². The van der Waals surface area contributed by atoms with Crippen molar-refractivity contribution in [3.05, 3.63) is 0 Å². The van der Waals surface area contributed by atoms with Crippen LogP contribution in [0.1, 0.15) is 72.6 Å². The van der Waals surface area contributed by atoms with E-state index in [9.17, 15) is 9.59 Å². The molecule has 2 saturated heterocycles. The van der Waals surface area contributed by atoms with E-state index in [2.05, 4.69) is 51.8 Å². The highest BCUT2D eigenvalue weighted by Crippen LogP contribution is 2.67. The van der Waals surface area contributed by atoms with Crippen LogP contribution in [0.3, 0.4) is 0 Å². The van der Waals surface area contributed by atoms with Crippen molar-refractivity contribution in [2.24, 2.45) is 34.5 Å². The fourth-order valence-electron chi connectivity index (χ4n) is 11.4. The van der Waals surface area contributed by atoms with Gasteiger partial charge in [-0.15, -0.1) is 0 Å². The van der Waals surface area contributed by atoms with Crippen molar-refractivity contribution in [2.75, 3.05) is 80.5 Å². The van der Waals surface area contributed by atoms with E-state index < -0.39 is 0 Å². The molecule has 0 spiro atoms. The molecule has 2 aliphatic heterocycles. The zero-order chi connectivity index (χ0) is 30.9. The molecular weight excluding hydrogens is 700 g/mol. The van der Waals surface area contributed by atoms with Crippen LogP contribution >= 0.6 is 0 Å². The minimum absolute atomic E-state index is 0. The quantitative estimate of drug-likeness (QED) is 0.237. The van der Waals surface area contributed by atoms with Gasteiger partial charge in [0.15, 0.2) is 0 Å². The third-order valence-corrected chi connectivity index (χ3v) is 14.1. The van der Waals surface area contributed by atoms with Crippen LogP contribution in [0, 0.1) is 34.5 Å². The third kappa shape index (κ3) is 7.08. The van der Waals surface area contributed by atoms with E-state index >= 15 is 0 Å². The predicted octanol–water partition coefficient (Wildman–Crippen LogP) is -2.36. The van der Waals surface area contributed by atoms with Gasteiger partial charge in [-0.3, -0.25) is 19.4 Å². The van der Waals surface area contributed by atoms with E-state index in [1.807, 2.05) is 0 Å². The third-order valence-electron chi connectivity index (χ3n) is 14.1. The molecule has 6 fully saturated rings. The smallest absolute Gasteiger partial charge is 0.302 e. The second kappa shape index (κ2) is 13.6. The van der Waals surface area contributed by atoms with Gasteiger partial charge in [-0.1, -0.05) is 13.8 Å². The molecule has 4 saturated carbocycles. The first-order valence-corrected chi connectivity index (χ1v) is 17.6. The summed E-state index contributed by atoms with van der Waals surface area (Å²) in [5.41, 5.74) is 0.308. The molecule has 0 aromatic carbocycles. The summed E-state index contributed by atoms with van der Waals surface area (Å²) in [6.45, 7) is 17.3. The minimum atomic E-state index is -0.123. The summed E-state index contributed by atoms with van der Waals surface area (Å²) in [4.78, 5) is 30.2. The highest BCUT2D eigenvalue weighted by molar-refractivity contribution is 5.66. The highest BCUT2D eigenvalue weighted by atomic mass is 79.9. The molecule has 0 bridgehead atoms. The number of fused-ring (bicyclic) bond motifs is 5. The molecule has 0 aromatic heterocycles. The van der Waals surface area contributed by atoms with Gasteiger partial charge in [-0.05, 0) is 74.0 Å². The summed E-state index contributed by atoms with van der Waals surface area (Å²) < 4.78 is 14.6. The van der Waals surface area contributed by atoms with Gasteiger partial charge >= 0.3 is 11.9 Å². The largest absolute Gasteiger partial charge is 1.00 e. The molecule has 260 valence electrons. The molecule has 8 nitrogen and oxygen atoms in total. The Hall–Kier alpha value is -0.260. The van der Waals surface area contributed by atoms with E-state index in [4.69, 9.17) is 9.47 Å². The Bertz CT molecular complexity index is 1070. The molecule has 1 unspecified atom stereocenters.